The van der Waals surface area contributed by atoms with Gasteiger partial charge in [0, 0.05) is 53.3 Å². The van der Waals surface area contributed by atoms with Crippen molar-refractivity contribution in [2.45, 2.75) is 46.5 Å². The topological polar surface area (TPSA) is 185 Å². The van der Waals surface area contributed by atoms with Crippen LogP contribution < -0.4 is 39.3 Å². The van der Waals surface area contributed by atoms with Gasteiger partial charge in [0.2, 0.25) is 0 Å². The minimum atomic E-state index is 0.388. The first-order valence-electron chi connectivity index (χ1n) is 12.4. The van der Waals surface area contributed by atoms with Crippen LogP contribution >= 0.6 is 22.9 Å². The molecule has 3 heterocycles. The fraction of sp³-hybridized carbons (Fsp3) is 0.333. The molecule has 38 heavy (non-hydrogen) atoms. The Balaban J connectivity index is 0.000000179. The maximum absolute atomic E-state index is 5.64. The Morgan fingerprint density at radius 3 is 1.61 bits per heavy atom. The van der Waals surface area contributed by atoms with Gasteiger partial charge in [0.05, 0.1) is 10.0 Å². The molecule has 9 nitrogen and oxygen atoms in total. The number of hydrogen-bond donors (Lipinski definition) is 6. The van der Waals surface area contributed by atoms with E-state index >= 15 is 0 Å². The molecule has 0 bridgehead atoms. The molecule has 1 fully saturated rings. The molecule has 1 aliphatic heterocycles. The zero-order valence-electron chi connectivity index (χ0n) is 22.6. The fourth-order valence-electron chi connectivity index (χ4n) is 3.33. The largest absolute Gasteiger partial charge is 0.399 e. The Labute approximate surface area is 234 Å². The third kappa shape index (κ3) is 10.3. The van der Waals surface area contributed by atoms with E-state index in [1.54, 1.807) is 23.5 Å². The van der Waals surface area contributed by atoms with E-state index in [9.17, 15) is 0 Å². The Morgan fingerprint density at radius 1 is 0.763 bits per heavy atom. The summed E-state index contributed by atoms with van der Waals surface area (Å²) in [6.45, 7) is 10.4. The fourth-order valence-corrected chi connectivity index (χ4v) is 4.73. The summed E-state index contributed by atoms with van der Waals surface area (Å²) < 4.78 is 4.02. The lowest BCUT2D eigenvalue weighted by molar-refractivity contribution is 0.800. The van der Waals surface area contributed by atoms with Crippen LogP contribution in [0, 0.1) is 13.8 Å². The van der Waals surface area contributed by atoms with E-state index in [2.05, 4.69) is 20.3 Å². The van der Waals surface area contributed by atoms with Crippen LogP contribution in [0.2, 0.25) is 0 Å². The molecule has 5 rings (SSSR count). The smallest absolute Gasteiger partial charge is 0.199 e. The monoisotopic (exact) mass is 555 g/mol. The van der Waals surface area contributed by atoms with Crippen LogP contribution in [0.4, 0.5) is 37.9 Å². The van der Waals surface area contributed by atoms with Crippen molar-refractivity contribution >= 4 is 60.8 Å². The molecular weight excluding hydrogens is 514 g/mol. The zero-order chi connectivity index (χ0) is 28.2. The highest BCUT2D eigenvalue weighted by Gasteiger charge is 2.13. The van der Waals surface area contributed by atoms with Gasteiger partial charge < -0.3 is 39.3 Å². The van der Waals surface area contributed by atoms with Gasteiger partial charge in [0.25, 0.3) is 0 Å². The number of nitrogen functional groups attached to an aromatic ring is 6. The van der Waals surface area contributed by atoms with Gasteiger partial charge in [-0.2, -0.15) is 4.37 Å². The number of nitrogens with two attached hydrogens (primary N) is 6. The van der Waals surface area contributed by atoms with Crippen LogP contribution in [-0.2, 0) is 0 Å². The van der Waals surface area contributed by atoms with Crippen LogP contribution in [0.5, 0.6) is 0 Å². The summed E-state index contributed by atoms with van der Waals surface area (Å²) >= 11 is 2.94. The first kappa shape index (κ1) is 30.5. The Hall–Kier alpha value is -3.70. The molecule has 2 aromatic heterocycles. The lowest BCUT2D eigenvalue weighted by Gasteiger charge is -2.13. The molecule has 0 aliphatic carbocycles. The lowest BCUT2D eigenvalue weighted by Crippen LogP contribution is -2.15. The number of aryl methyl sites for hydroxylation is 2. The number of hydrogen-bond acceptors (Lipinski definition) is 11. The molecule has 0 unspecified atom stereocenters. The zero-order valence-corrected chi connectivity index (χ0v) is 24.3. The molecule has 2 aromatic carbocycles. The molecule has 206 valence electrons. The predicted octanol–water partition coefficient (Wildman–Crippen LogP) is 5.49. The molecule has 0 spiro atoms. The van der Waals surface area contributed by atoms with E-state index in [-0.39, 0.29) is 0 Å². The van der Waals surface area contributed by atoms with Crippen molar-refractivity contribution < 1.29 is 0 Å². The van der Waals surface area contributed by atoms with E-state index < -0.39 is 0 Å². The second kappa shape index (κ2) is 14.9. The summed E-state index contributed by atoms with van der Waals surface area (Å²) in [6.07, 6.45) is 2.66. The van der Waals surface area contributed by atoms with Gasteiger partial charge in [-0.3, -0.25) is 0 Å². The molecule has 0 atom stereocenters. The molecule has 4 aromatic rings. The van der Waals surface area contributed by atoms with Gasteiger partial charge in [-0.15, -0.1) is 11.3 Å². The molecule has 0 amide bonds. The van der Waals surface area contributed by atoms with Crippen molar-refractivity contribution in [3.8, 4) is 0 Å². The molecule has 0 saturated carbocycles. The first-order chi connectivity index (χ1) is 18.0. The van der Waals surface area contributed by atoms with Crippen LogP contribution in [0.15, 0.2) is 48.5 Å². The average Bonchev–Trinajstić information content (AvgIpc) is 3.63. The van der Waals surface area contributed by atoms with Gasteiger partial charge in [0.15, 0.2) is 5.13 Å². The lowest BCUT2D eigenvalue weighted by atomic mass is 10.2. The minimum Gasteiger partial charge on any atom is -0.399 e. The summed E-state index contributed by atoms with van der Waals surface area (Å²) in [5.41, 5.74) is 38.2. The van der Waals surface area contributed by atoms with Crippen LogP contribution in [0.1, 0.15) is 49.6 Å². The number of nitrogens with zero attached hydrogens (tertiary/aromatic N) is 3. The highest BCUT2D eigenvalue weighted by molar-refractivity contribution is 7.19. The van der Waals surface area contributed by atoms with Crippen molar-refractivity contribution in [3.05, 3.63) is 65.5 Å². The van der Waals surface area contributed by atoms with Crippen molar-refractivity contribution in [2.24, 2.45) is 0 Å². The second-order valence-corrected chi connectivity index (χ2v) is 11.1. The summed E-state index contributed by atoms with van der Waals surface area (Å²) in [6, 6.07) is 15.0. The highest BCUT2D eigenvalue weighted by Crippen LogP contribution is 2.29. The van der Waals surface area contributed by atoms with Gasteiger partial charge in [-0.1, -0.05) is 13.8 Å². The van der Waals surface area contributed by atoms with Crippen molar-refractivity contribution in [3.63, 3.8) is 0 Å². The minimum absolute atomic E-state index is 0.388. The maximum atomic E-state index is 5.64. The Kier molecular flexibility index (Phi) is 12.0. The van der Waals surface area contributed by atoms with Gasteiger partial charge in [-0.05, 0) is 86.3 Å². The molecule has 1 saturated heterocycles. The number of benzene rings is 2. The van der Waals surface area contributed by atoms with Crippen LogP contribution in [0.3, 0.4) is 0 Å². The third-order valence-corrected chi connectivity index (χ3v) is 7.12. The Morgan fingerprint density at radius 2 is 1.29 bits per heavy atom. The summed E-state index contributed by atoms with van der Waals surface area (Å²) in [5.74, 6) is 1.23. The van der Waals surface area contributed by atoms with Crippen LogP contribution in [-0.4, -0.2) is 22.4 Å². The van der Waals surface area contributed by atoms with Gasteiger partial charge >= 0.3 is 0 Å². The van der Waals surface area contributed by atoms with Crippen molar-refractivity contribution in [1.29, 1.82) is 0 Å². The average molecular weight is 556 g/mol. The van der Waals surface area contributed by atoms with E-state index in [1.165, 1.54) is 42.5 Å². The Bertz CT molecular complexity index is 1210. The standard InChI is InChI=1S/C8H12N2S.2C7H10N2.C5H9N3S/c9-7-3-4-8(11-7)10-5-1-2-6-10;2*1-5-4-6(8)2-3-7(5)9;1-3(2)4-7-5(6)9-8-4/h3-4H,1-2,5-6,9H2;2*2-4H,8-9H2,1H3;3H,1-2H3,(H2,6,7,8). The summed E-state index contributed by atoms with van der Waals surface area (Å²) in [7, 11) is 0. The molecule has 0 radical (unpaired) electrons. The summed E-state index contributed by atoms with van der Waals surface area (Å²) in [5, 5.41) is 2.81. The van der Waals surface area contributed by atoms with E-state index in [1.807, 2.05) is 58.0 Å². The molecule has 11 heteroatoms. The van der Waals surface area contributed by atoms with Crippen LogP contribution in [0.25, 0.3) is 0 Å². The third-order valence-electron chi connectivity index (χ3n) is 5.59. The summed E-state index contributed by atoms with van der Waals surface area (Å²) in [4.78, 5) is 6.40. The van der Waals surface area contributed by atoms with Crippen molar-refractivity contribution in [2.75, 3.05) is 52.4 Å². The van der Waals surface area contributed by atoms with Gasteiger partial charge in [-0.25, -0.2) is 4.98 Å². The highest BCUT2D eigenvalue weighted by atomic mass is 32.1. The second-order valence-electron chi connectivity index (χ2n) is 9.25. The number of aromatic nitrogens is 2. The van der Waals surface area contributed by atoms with Gasteiger partial charge in [0.1, 0.15) is 5.82 Å². The number of rotatable bonds is 2. The predicted molar refractivity (Wildman–Crippen MR) is 169 cm³/mol. The normalized spacial score (nSPS) is 12.1. The number of thiophene rings is 1. The number of anilines is 7. The quantitative estimate of drug-likeness (QED) is 0.174. The van der Waals surface area contributed by atoms with E-state index in [0.29, 0.717) is 11.0 Å². The van der Waals surface area contributed by atoms with E-state index in [4.69, 9.17) is 34.4 Å². The van der Waals surface area contributed by atoms with Crippen molar-refractivity contribution in [1.82, 2.24) is 9.36 Å². The first-order valence-corrected chi connectivity index (χ1v) is 14.0. The molecule has 1 aliphatic rings. The maximum Gasteiger partial charge on any atom is 0.199 e. The molecule has 12 N–H and O–H groups in total. The SMILES string of the molecule is CC(C)c1nsc(N)n1.Cc1cc(N)ccc1N.Cc1cc(N)ccc1N.Nc1ccc(N2CCCC2)s1. The molecular formula is C27H41N9S2. The van der Waals surface area contributed by atoms with E-state index in [0.717, 1.165) is 44.7 Å².